The van der Waals surface area contributed by atoms with Crippen LogP contribution in [0, 0.1) is 17.6 Å². The Morgan fingerprint density at radius 2 is 1.98 bits per heavy atom. The minimum absolute atomic E-state index is 0.0556. The molecule has 11 heteroatoms. The zero-order valence-electron chi connectivity index (χ0n) is 24.1. The SMILES string of the molecule is CC[C@H]1C[C@@H](C(c2ccc(F)cc2)C(N)C(=O)Nc2cccc(F)c2CC[C@H]2CN[C@@H]3CCCS(=O)(=O)N2C3)CCO1. The van der Waals surface area contributed by atoms with Crippen molar-refractivity contribution < 1.29 is 26.7 Å². The van der Waals surface area contributed by atoms with Crippen LogP contribution >= 0.6 is 0 Å². The van der Waals surface area contributed by atoms with Crippen molar-refractivity contribution in [3.63, 3.8) is 0 Å². The Morgan fingerprint density at radius 3 is 2.74 bits per heavy atom. The Labute approximate surface area is 247 Å². The van der Waals surface area contributed by atoms with E-state index in [0.29, 0.717) is 43.8 Å². The third-order valence-corrected chi connectivity index (χ3v) is 11.1. The van der Waals surface area contributed by atoms with Crippen LogP contribution in [0.3, 0.4) is 0 Å². The molecule has 3 unspecified atom stereocenters. The van der Waals surface area contributed by atoms with Gasteiger partial charge in [-0.25, -0.2) is 17.2 Å². The number of nitrogens with two attached hydrogens (primary N) is 1. The number of halogens is 2. The topological polar surface area (TPSA) is 114 Å². The van der Waals surface area contributed by atoms with Crippen molar-refractivity contribution in [2.24, 2.45) is 11.7 Å². The molecule has 42 heavy (non-hydrogen) atoms. The van der Waals surface area contributed by atoms with Crippen LogP contribution in [-0.4, -0.2) is 68.3 Å². The van der Waals surface area contributed by atoms with E-state index in [0.717, 1.165) is 31.2 Å². The molecular weight excluding hydrogens is 562 g/mol. The van der Waals surface area contributed by atoms with E-state index in [-0.39, 0.29) is 48.0 Å². The minimum atomic E-state index is -3.37. The zero-order valence-corrected chi connectivity index (χ0v) is 24.9. The van der Waals surface area contributed by atoms with Crippen LogP contribution in [0.4, 0.5) is 14.5 Å². The van der Waals surface area contributed by atoms with E-state index in [9.17, 15) is 17.6 Å². The molecule has 0 aliphatic carbocycles. The average molecular weight is 605 g/mol. The largest absolute Gasteiger partial charge is 0.378 e. The van der Waals surface area contributed by atoms with Crippen LogP contribution in [-0.2, 0) is 26.0 Å². The van der Waals surface area contributed by atoms with Gasteiger partial charge in [-0.2, -0.15) is 4.31 Å². The molecule has 2 aromatic carbocycles. The first kappa shape index (κ1) is 31.0. The summed E-state index contributed by atoms with van der Waals surface area (Å²) in [4.78, 5) is 13.7. The number of hydrogen-bond donors (Lipinski definition) is 3. The van der Waals surface area contributed by atoms with E-state index in [1.165, 1.54) is 24.3 Å². The third kappa shape index (κ3) is 7.02. The van der Waals surface area contributed by atoms with E-state index in [2.05, 4.69) is 17.6 Å². The van der Waals surface area contributed by atoms with Crippen molar-refractivity contribution in [3.8, 4) is 0 Å². The summed E-state index contributed by atoms with van der Waals surface area (Å²) in [7, 11) is -3.37. The number of fused-ring (bicyclic) bond motifs is 2. The molecular formula is C31H42F2N4O4S. The van der Waals surface area contributed by atoms with E-state index in [4.69, 9.17) is 10.5 Å². The fourth-order valence-electron chi connectivity index (χ4n) is 6.84. The molecule has 0 radical (unpaired) electrons. The van der Waals surface area contributed by atoms with Gasteiger partial charge >= 0.3 is 0 Å². The van der Waals surface area contributed by atoms with E-state index >= 15 is 4.39 Å². The molecule has 3 aliphatic rings. The molecule has 8 nitrogen and oxygen atoms in total. The predicted octanol–water partition coefficient (Wildman–Crippen LogP) is 3.92. The van der Waals surface area contributed by atoms with Crippen LogP contribution in [0.2, 0.25) is 0 Å². The van der Waals surface area contributed by atoms with Crippen molar-refractivity contribution in [1.29, 1.82) is 0 Å². The standard InChI is InChI=1S/C31H42F2N4O4S/c1-2-25-17-21(14-15-41-25)29(20-8-10-22(32)11-9-20)30(34)31(38)36-28-7-3-6-27(33)26(28)13-12-24-18-35-23-5-4-16-42(39,40)37(24)19-23/h3,6-11,21,23-25,29-30,35H,2,4-5,12-19,34H2,1H3,(H,36,38)/t21-,23+,24-,25-,29?,30?/m0/s1. The van der Waals surface area contributed by atoms with Crippen LogP contribution in [0.5, 0.6) is 0 Å². The van der Waals surface area contributed by atoms with Crippen molar-refractivity contribution in [2.75, 3.05) is 30.8 Å². The first-order valence-electron chi connectivity index (χ1n) is 15.1. The number of hydrogen-bond acceptors (Lipinski definition) is 6. The highest BCUT2D eigenvalue weighted by Crippen LogP contribution is 2.37. The summed E-state index contributed by atoms with van der Waals surface area (Å²) in [6.07, 6.45) is 4.47. The van der Waals surface area contributed by atoms with Crippen molar-refractivity contribution in [1.82, 2.24) is 9.62 Å². The Morgan fingerprint density at radius 1 is 1.19 bits per heavy atom. The fourth-order valence-corrected chi connectivity index (χ4v) is 8.65. The number of amides is 1. The summed E-state index contributed by atoms with van der Waals surface area (Å²) in [5.41, 5.74) is 8.08. The van der Waals surface area contributed by atoms with Gasteiger partial charge in [0, 0.05) is 48.9 Å². The molecule has 0 aromatic heterocycles. The molecule has 1 amide bonds. The van der Waals surface area contributed by atoms with Crippen LogP contribution < -0.4 is 16.4 Å². The Hall–Kier alpha value is -2.44. The lowest BCUT2D eigenvalue weighted by molar-refractivity contribution is -0.118. The highest BCUT2D eigenvalue weighted by Gasteiger charge is 2.39. The molecule has 0 spiro atoms. The molecule has 5 rings (SSSR count). The number of piperazine rings is 1. The van der Waals surface area contributed by atoms with E-state index in [1.807, 2.05) is 0 Å². The Kier molecular flexibility index (Phi) is 9.94. The second-order valence-electron chi connectivity index (χ2n) is 11.9. The van der Waals surface area contributed by atoms with Crippen LogP contribution in [0.15, 0.2) is 42.5 Å². The van der Waals surface area contributed by atoms with E-state index < -0.39 is 27.8 Å². The maximum atomic E-state index is 15.2. The lowest BCUT2D eigenvalue weighted by atomic mass is 9.75. The first-order chi connectivity index (χ1) is 20.2. The second-order valence-corrected chi connectivity index (χ2v) is 13.9. The van der Waals surface area contributed by atoms with Crippen molar-refractivity contribution in [3.05, 3.63) is 65.2 Å². The van der Waals surface area contributed by atoms with Crippen molar-refractivity contribution >= 4 is 21.6 Å². The third-order valence-electron chi connectivity index (χ3n) is 9.18. The summed E-state index contributed by atoms with van der Waals surface area (Å²) < 4.78 is 62.2. The molecule has 4 N–H and O–H groups in total. The lowest BCUT2D eigenvalue weighted by Crippen LogP contribution is -2.57. The molecule has 7 atom stereocenters. The summed E-state index contributed by atoms with van der Waals surface area (Å²) in [5, 5.41) is 6.32. The molecule has 3 fully saturated rings. The predicted molar refractivity (Wildman–Crippen MR) is 159 cm³/mol. The number of carbonyl (C=O) groups is 1. The van der Waals surface area contributed by atoms with Gasteiger partial charge in [-0.1, -0.05) is 25.1 Å². The van der Waals surface area contributed by atoms with Gasteiger partial charge in [0.05, 0.1) is 17.9 Å². The number of carbonyl (C=O) groups excluding carboxylic acids is 1. The van der Waals surface area contributed by atoms with Crippen LogP contribution in [0.1, 0.15) is 62.5 Å². The number of sulfonamides is 1. The number of benzene rings is 2. The lowest BCUT2D eigenvalue weighted by Gasteiger charge is -2.38. The normalized spacial score (nSPS) is 28.8. The maximum Gasteiger partial charge on any atom is 0.241 e. The van der Waals surface area contributed by atoms with Gasteiger partial charge in [-0.05, 0) is 80.7 Å². The number of rotatable bonds is 9. The Balaban J connectivity index is 1.33. The second kappa shape index (κ2) is 13.5. The molecule has 2 bridgehead atoms. The van der Waals surface area contributed by atoms with Gasteiger partial charge in [0.2, 0.25) is 15.9 Å². The highest BCUT2D eigenvalue weighted by molar-refractivity contribution is 7.89. The summed E-state index contributed by atoms with van der Waals surface area (Å²) in [6.45, 7) is 3.56. The monoisotopic (exact) mass is 604 g/mol. The number of nitrogens with one attached hydrogen (secondary N) is 2. The quantitative estimate of drug-likeness (QED) is 0.400. The summed E-state index contributed by atoms with van der Waals surface area (Å²) in [6, 6.07) is 9.52. The van der Waals surface area contributed by atoms with Gasteiger partial charge in [-0.3, -0.25) is 4.79 Å². The van der Waals surface area contributed by atoms with Gasteiger partial charge in [-0.15, -0.1) is 0 Å². The smallest absolute Gasteiger partial charge is 0.241 e. The molecule has 2 aromatic rings. The van der Waals surface area contributed by atoms with E-state index in [1.54, 1.807) is 22.5 Å². The maximum absolute atomic E-state index is 15.2. The molecule has 3 saturated heterocycles. The summed E-state index contributed by atoms with van der Waals surface area (Å²) >= 11 is 0. The highest BCUT2D eigenvalue weighted by atomic mass is 32.2. The van der Waals surface area contributed by atoms with Gasteiger partial charge in [0.25, 0.3) is 0 Å². The van der Waals surface area contributed by atoms with Crippen molar-refractivity contribution in [2.45, 2.75) is 82.0 Å². The first-order valence-corrected chi connectivity index (χ1v) is 16.7. The summed E-state index contributed by atoms with van der Waals surface area (Å²) in [5.74, 6) is -1.48. The van der Waals surface area contributed by atoms with Gasteiger partial charge in [0.1, 0.15) is 11.6 Å². The molecule has 3 aliphatic heterocycles. The number of ether oxygens (including phenoxy) is 1. The number of nitrogens with zero attached hydrogens (tertiary/aromatic N) is 1. The minimum Gasteiger partial charge on any atom is -0.378 e. The molecule has 0 saturated carbocycles. The fraction of sp³-hybridized carbons (Fsp3) is 0.581. The molecule has 3 heterocycles. The molecule has 230 valence electrons. The van der Waals surface area contributed by atoms with Gasteiger partial charge < -0.3 is 21.1 Å². The Bertz CT molecular complexity index is 1340. The average Bonchev–Trinajstić information content (AvgIpc) is 3.09. The number of anilines is 1. The zero-order chi connectivity index (χ0) is 29.9. The van der Waals surface area contributed by atoms with Crippen LogP contribution in [0.25, 0.3) is 0 Å². The van der Waals surface area contributed by atoms with Gasteiger partial charge in [0.15, 0.2) is 0 Å².